The highest BCUT2D eigenvalue weighted by Gasteiger charge is 2.26. The highest BCUT2D eigenvalue weighted by molar-refractivity contribution is 6.35. The second-order valence-electron chi connectivity index (χ2n) is 7.64. The number of carbonyl (C=O) groups is 1. The van der Waals surface area contributed by atoms with Crippen molar-refractivity contribution in [1.82, 2.24) is 24.7 Å². The van der Waals surface area contributed by atoms with Gasteiger partial charge < -0.3 is 8.98 Å². The van der Waals surface area contributed by atoms with E-state index in [9.17, 15) is 4.79 Å². The van der Waals surface area contributed by atoms with Crippen LogP contribution in [0.25, 0.3) is 22.5 Å². The number of fused-ring (bicyclic) bond motifs is 1. The van der Waals surface area contributed by atoms with Crippen LogP contribution in [-0.4, -0.2) is 30.5 Å². The molecule has 0 saturated carbocycles. The van der Waals surface area contributed by atoms with Crippen LogP contribution in [-0.2, 0) is 6.54 Å². The van der Waals surface area contributed by atoms with Gasteiger partial charge in [0.25, 0.3) is 17.6 Å². The predicted octanol–water partition coefficient (Wildman–Crippen LogP) is 5.68. The Balaban J connectivity index is 1.61. The van der Waals surface area contributed by atoms with E-state index in [1.54, 1.807) is 18.3 Å². The van der Waals surface area contributed by atoms with Gasteiger partial charge in [0, 0.05) is 45.6 Å². The molecule has 2 aromatic carbocycles. The van der Waals surface area contributed by atoms with Crippen molar-refractivity contribution >= 4 is 39.9 Å². The zero-order valence-corrected chi connectivity index (χ0v) is 19.2. The second-order valence-corrected chi connectivity index (χ2v) is 8.48. The second kappa shape index (κ2) is 8.42. The molecular formula is C24H17Cl2N5O2. The fourth-order valence-corrected chi connectivity index (χ4v) is 4.31. The van der Waals surface area contributed by atoms with Gasteiger partial charge in [-0.05, 0) is 43.7 Å². The van der Waals surface area contributed by atoms with E-state index in [1.807, 2.05) is 38.1 Å². The topological polar surface area (TPSA) is 86.7 Å². The summed E-state index contributed by atoms with van der Waals surface area (Å²) in [5.74, 6) is -0.326. The van der Waals surface area contributed by atoms with Gasteiger partial charge in [-0.25, -0.2) is 4.98 Å². The van der Waals surface area contributed by atoms with E-state index in [2.05, 4.69) is 24.7 Å². The van der Waals surface area contributed by atoms with Crippen LogP contribution in [0.3, 0.4) is 0 Å². The van der Waals surface area contributed by atoms with Crippen molar-refractivity contribution in [3.05, 3.63) is 93.3 Å². The lowest BCUT2D eigenvalue weighted by molar-refractivity contribution is 0.100. The summed E-state index contributed by atoms with van der Waals surface area (Å²) in [6.45, 7) is 4.35. The molecule has 0 radical (unpaired) electrons. The van der Waals surface area contributed by atoms with Crippen LogP contribution >= 0.6 is 23.2 Å². The molecule has 9 heteroatoms. The summed E-state index contributed by atoms with van der Waals surface area (Å²) in [7, 11) is 0. The fourth-order valence-electron chi connectivity index (χ4n) is 3.84. The third-order valence-electron chi connectivity index (χ3n) is 5.45. The van der Waals surface area contributed by atoms with Crippen LogP contribution in [0, 0.1) is 13.8 Å². The maximum Gasteiger partial charge on any atom is 0.289 e. The molecule has 0 saturated heterocycles. The van der Waals surface area contributed by atoms with Crippen molar-refractivity contribution in [3.8, 4) is 11.6 Å². The molecule has 5 aromatic rings. The molecule has 33 heavy (non-hydrogen) atoms. The monoisotopic (exact) mass is 477 g/mol. The summed E-state index contributed by atoms with van der Waals surface area (Å²) < 4.78 is 7.71. The summed E-state index contributed by atoms with van der Waals surface area (Å²) in [6, 6.07) is 11.4. The number of ketones is 1. The highest BCUT2D eigenvalue weighted by atomic mass is 35.5. The predicted molar refractivity (Wildman–Crippen MR) is 126 cm³/mol. The Kier molecular flexibility index (Phi) is 5.44. The summed E-state index contributed by atoms with van der Waals surface area (Å²) in [4.78, 5) is 21.7. The van der Waals surface area contributed by atoms with Gasteiger partial charge in [-0.1, -0.05) is 40.9 Å². The average Bonchev–Trinajstić information content (AvgIpc) is 3.39. The number of carbonyl (C=O) groups excluding carboxylic acids is 1. The molecule has 0 spiro atoms. The Morgan fingerprint density at radius 3 is 2.67 bits per heavy atom. The van der Waals surface area contributed by atoms with Crippen LogP contribution in [0.2, 0.25) is 10.0 Å². The van der Waals surface area contributed by atoms with Gasteiger partial charge >= 0.3 is 0 Å². The van der Waals surface area contributed by atoms with Gasteiger partial charge in [0.1, 0.15) is 5.69 Å². The molecule has 0 aliphatic carbocycles. The Morgan fingerprint density at radius 2 is 1.91 bits per heavy atom. The maximum atomic E-state index is 13.5. The van der Waals surface area contributed by atoms with Crippen LogP contribution in [0.1, 0.15) is 33.1 Å². The zero-order chi connectivity index (χ0) is 23.1. The van der Waals surface area contributed by atoms with E-state index < -0.39 is 0 Å². The van der Waals surface area contributed by atoms with E-state index in [0.717, 1.165) is 27.7 Å². The highest BCUT2D eigenvalue weighted by Crippen LogP contribution is 2.31. The number of rotatable bonds is 5. The number of nitrogens with zero attached hydrogens (tertiary/aromatic N) is 5. The van der Waals surface area contributed by atoms with E-state index in [-0.39, 0.29) is 17.6 Å². The normalized spacial score (nSPS) is 11.3. The summed E-state index contributed by atoms with van der Waals surface area (Å²) in [5, 5.41) is 9.90. The molecule has 7 nitrogen and oxygen atoms in total. The first kappa shape index (κ1) is 21.3. The first-order valence-corrected chi connectivity index (χ1v) is 10.9. The lowest BCUT2D eigenvalue weighted by atomic mass is 10.0. The summed E-state index contributed by atoms with van der Waals surface area (Å²) in [6.07, 6.45) is 4.56. The smallest absolute Gasteiger partial charge is 0.289 e. The molecule has 3 heterocycles. The van der Waals surface area contributed by atoms with Crippen molar-refractivity contribution in [2.24, 2.45) is 0 Å². The minimum absolute atomic E-state index is 0.108. The first-order valence-electron chi connectivity index (χ1n) is 10.1. The minimum atomic E-state index is -0.355. The number of aryl methyl sites for hydroxylation is 1. The van der Waals surface area contributed by atoms with Gasteiger partial charge in [-0.15, -0.1) is 10.2 Å². The number of halogens is 2. The van der Waals surface area contributed by atoms with E-state index in [1.165, 1.54) is 12.4 Å². The van der Waals surface area contributed by atoms with Crippen molar-refractivity contribution in [2.75, 3.05) is 0 Å². The van der Waals surface area contributed by atoms with Gasteiger partial charge in [0.2, 0.25) is 0 Å². The molecule has 5 rings (SSSR count). The van der Waals surface area contributed by atoms with Gasteiger partial charge in [0.05, 0.1) is 11.8 Å². The Hall–Kier alpha value is -3.55. The van der Waals surface area contributed by atoms with Crippen LogP contribution in [0.5, 0.6) is 0 Å². The number of benzene rings is 2. The first-order chi connectivity index (χ1) is 15.9. The summed E-state index contributed by atoms with van der Waals surface area (Å²) >= 11 is 12.5. The molecule has 0 aliphatic heterocycles. The molecule has 0 amide bonds. The lowest BCUT2D eigenvalue weighted by Gasteiger charge is -2.11. The van der Waals surface area contributed by atoms with E-state index >= 15 is 0 Å². The van der Waals surface area contributed by atoms with Gasteiger partial charge in [-0.2, -0.15) is 0 Å². The van der Waals surface area contributed by atoms with Crippen molar-refractivity contribution < 1.29 is 9.21 Å². The van der Waals surface area contributed by atoms with Gasteiger partial charge in [0.15, 0.2) is 0 Å². The molecule has 3 aromatic heterocycles. The largest absolute Gasteiger partial charge is 0.412 e. The molecule has 0 aliphatic rings. The maximum absolute atomic E-state index is 13.5. The summed E-state index contributed by atoms with van der Waals surface area (Å²) in [5.41, 5.74) is 4.50. The third-order valence-corrected chi connectivity index (χ3v) is 6.04. The minimum Gasteiger partial charge on any atom is -0.412 e. The Bertz CT molecular complexity index is 1510. The van der Waals surface area contributed by atoms with Crippen molar-refractivity contribution in [3.63, 3.8) is 0 Å². The fraction of sp³-hybridized carbons (Fsp3) is 0.125. The van der Waals surface area contributed by atoms with Crippen LogP contribution in [0.15, 0.2) is 59.4 Å². The number of hydrogen-bond acceptors (Lipinski definition) is 6. The van der Waals surface area contributed by atoms with E-state index in [0.29, 0.717) is 27.8 Å². The molecule has 0 N–H and O–H groups in total. The molecule has 0 atom stereocenters. The number of hydrogen-bond donors (Lipinski definition) is 0. The quantitative estimate of drug-likeness (QED) is 0.302. The molecule has 0 unspecified atom stereocenters. The Labute approximate surface area is 199 Å². The van der Waals surface area contributed by atoms with Crippen LogP contribution in [0.4, 0.5) is 0 Å². The molecule has 0 bridgehead atoms. The molecule has 0 fully saturated rings. The average molecular weight is 478 g/mol. The van der Waals surface area contributed by atoms with Crippen molar-refractivity contribution in [1.29, 1.82) is 0 Å². The Morgan fingerprint density at radius 1 is 1.06 bits per heavy atom. The molecule has 164 valence electrons. The van der Waals surface area contributed by atoms with Crippen LogP contribution < -0.4 is 0 Å². The third kappa shape index (κ3) is 3.90. The van der Waals surface area contributed by atoms with Crippen molar-refractivity contribution in [2.45, 2.75) is 20.4 Å². The SMILES string of the molecule is Cc1ccc2c(c1)c(C(=O)c1nnc(-c3cnccn3)o1)c(C)n2Cc1ccc(Cl)cc1Cl. The molecular weight excluding hydrogens is 461 g/mol. The number of aromatic nitrogens is 5. The van der Waals surface area contributed by atoms with Gasteiger partial charge in [-0.3, -0.25) is 9.78 Å². The lowest BCUT2D eigenvalue weighted by Crippen LogP contribution is -2.07. The standard InChI is InChI=1S/C24H17Cl2N5O2/c1-13-3-6-20-17(9-13)21(14(2)31(20)12-15-4-5-16(25)10-18(15)26)22(32)24-30-29-23(33-24)19-11-27-7-8-28-19/h3-11H,12H2,1-2H3. The van der Waals surface area contributed by atoms with E-state index in [4.69, 9.17) is 27.6 Å². The zero-order valence-electron chi connectivity index (χ0n) is 17.7.